The number of rotatable bonds is 2. The van der Waals surface area contributed by atoms with Crippen LogP contribution in [-0.4, -0.2) is 0 Å². The molecule has 7 aromatic rings. The average molecular weight is 675 g/mol. The number of hydrogen-bond donors (Lipinski definition) is 0. The maximum absolute atomic E-state index is 2.53. The van der Waals surface area contributed by atoms with Crippen LogP contribution in [0.5, 0.6) is 0 Å². The van der Waals surface area contributed by atoms with Crippen molar-refractivity contribution in [2.24, 2.45) is 0 Å². The summed E-state index contributed by atoms with van der Waals surface area (Å²) in [7, 11) is 0. The van der Waals surface area contributed by atoms with Gasteiger partial charge >= 0.3 is 0 Å². The smallest absolute Gasteiger partial charge is 0.0159 e. The van der Waals surface area contributed by atoms with Crippen molar-refractivity contribution in [3.05, 3.63) is 155 Å². The van der Waals surface area contributed by atoms with Gasteiger partial charge in [-0.05, 0) is 116 Å². The standard InChI is InChI=1S/C52H50/c1-49(2,3)33-27-32(28-34(30-33)50(4,5)6)46-37-19-13-11-17-35(37)45(36-18-12-14-20-38(36)46)31-23-24-42-40(29-31)48-44(52(42,9)10)26-25-43-47(48)39-21-15-16-22-41(39)51(43,7)8/h11-30H,1-10H3. The zero-order valence-corrected chi connectivity index (χ0v) is 32.5. The minimum absolute atomic E-state index is 0.0337. The van der Waals surface area contributed by atoms with Crippen LogP contribution in [0.1, 0.15) is 103 Å². The SMILES string of the molecule is CC(C)(C)c1cc(-c2c3ccccc3c(-c3ccc4c(c3)-c3c(ccc5c3-c3ccccc3C5(C)C)C4(C)C)c3ccccc23)cc(C(C)(C)C)c1. The van der Waals surface area contributed by atoms with E-state index in [1.54, 1.807) is 0 Å². The van der Waals surface area contributed by atoms with Crippen LogP contribution in [0.15, 0.2) is 121 Å². The maximum atomic E-state index is 2.53. The summed E-state index contributed by atoms with van der Waals surface area (Å²) in [5, 5.41) is 5.22. The largest absolute Gasteiger partial charge is 0.0619 e. The highest BCUT2D eigenvalue weighted by Crippen LogP contribution is 2.59. The molecule has 9 rings (SSSR count). The maximum Gasteiger partial charge on any atom is 0.0159 e. The highest BCUT2D eigenvalue weighted by molar-refractivity contribution is 6.21. The number of benzene rings is 7. The van der Waals surface area contributed by atoms with Gasteiger partial charge < -0.3 is 0 Å². The van der Waals surface area contributed by atoms with E-state index in [2.05, 4.69) is 191 Å². The minimum atomic E-state index is -0.0866. The van der Waals surface area contributed by atoms with Crippen LogP contribution in [0.3, 0.4) is 0 Å². The van der Waals surface area contributed by atoms with Gasteiger partial charge in [0.1, 0.15) is 0 Å². The molecular weight excluding hydrogens is 625 g/mol. The van der Waals surface area contributed by atoms with Gasteiger partial charge in [-0.25, -0.2) is 0 Å². The molecule has 258 valence electrons. The molecule has 0 atom stereocenters. The fourth-order valence-electron chi connectivity index (χ4n) is 9.58. The van der Waals surface area contributed by atoms with Crippen LogP contribution < -0.4 is 0 Å². The van der Waals surface area contributed by atoms with Crippen molar-refractivity contribution in [1.29, 1.82) is 0 Å². The third-order valence-electron chi connectivity index (χ3n) is 12.6. The van der Waals surface area contributed by atoms with Gasteiger partial charge in [-0.15, -0.1) is 0 Å². The third kappa shape index (κ3) is 4.59. The topological polar surface area (TPSA) is 0 Å². The molecule has 52 heavy (non-hydrogen) atoms. The highest BCUT2D eigenvalue weighted by Gasteiger charge is 2.43. The quantitative estimate of drug-likeness (QED) is 0.160. The Morgan fingerprint density at radius 1 is 0.346 bits per heavy atom. The third-order valence-corrected chi connectivity index (χ3v) is 12.6. The van der Waals surface area contributed by atoms with Crippen molar-refractivity contribution in [3.63, 3.8) is 0 Å². The number of hydrogen-bond acceptors (Lipinski definition) is 0. The van der Waals surface area contributed by atoms with Gasteiger partial charge in [0.25, 0.3) is 0 Å². The van der Waals surface area contributed by atoms with Gasteiger partial charge in [0.05, 0.1) is 0 Å². The van der Waals surface area contributed by atoms with E-state index in [4.69, 9.17) is 0 Å². The van der Waals surface area contributed by atoms with Gasteiger partial charge in [-0.2, -0.15) is 0 Å². The molecule has 0 fully saturated rings. The molecule has 0 bridgehead atoms. The second kappa shape index (κ2) is 10.8. The molecule has 0 unspecified atom stereocenters. The van der Waals surface area contributed by atoms with Gasteiger partial charge in [-0.1, -0.05) is 184 Å². The fraction of sp³-hybridized carbons (Fsp3) is 0.269. The molecule has 0 saturated heterocycles. The lowest BCUT2D eigenvalue weighted by Crippen LogP contribution is -2.17. The molecule has 0 nitrogen and oxygen atoms in total. The predicted octanol–water partition coefficient (Wildman–Crippen LogP) is 14.5. The zero-order chi connectivity index (χ0) is 36.5. The van der Waals surface area contributed by atoms with E-state index in [9.17, 15) is 0 Å². The van der Waals surface area contributed by atoms with Gasteiger partial charge in [0, 0.05) is 10.8 Å². The summed E-state index contributed by atoms with van der Waals surface area (Å²) < 4.78 is 0. The second-order valence-corrected chi connectivity index (χ2v) is 18.6. The average Bonchev–Trinajstić information content (AvgIpc) is 3.48. The van der Waals surface area contributed by atoms with Crippen molar-refractivity contribution >= 4 is 21.5 Å². The molecule has 0 aromatic heterocycles. The van der Waals surface area contributed by atoms with E-state index in [0.29, 0.717) is 0 Å². The second-order valence-electron chi connectivity index (χ2n) is 18.6. The van der Waals surface area contributed by atoms with E-state index in [1.807, 2.05) is 0 Å². The Morgan fingerprint density at radius 3 is 1.25 bits per heavy atom. The lowest BCUT2D eigenvalue weighted by atomic mass is 9.77. The van der Waals surface area contributed by atoms with Crippen molar-refractivity contribution in [2.75, 3.05) is 0 Å². The summed E-state index contributed by atoms with van der Waals surface area (Å²) in [6, 6.07) is 46.9. The molecule has 2 aliphatic carbocycles. The molecular formula is C52H50. The summed E-state index contributed by atoms with van der Waals surface area (Å²) in [6.45, 7) is 23.6. The highest BCUT2D eigenvalue weighted by atomic mass is 14.5. The molecule has 7 aromatic carbocycles. The first-order chi connectivity index (χ1) is 24.6. The molecule has 0 radical (unpaired) electrons. The molecule has 0 saturated carbocycles. The van der Waals surface area contributed by atoms with E-state index in [1.165, 1.54) is 99.4 Å². The molecule has 0 spiro atoms. The van der Waals surface area contributed by atoms with Gasteiger partial charge in [-0.3, -0.25) is 0 Å². The molecule has 0 aliphatic heterocycles. The van der Waals surface area contributed by atoms with Crippen LogP contribution in [0.2, 0.25) is 0 Å². The summed E-state index contributed by atoms with van der Waals surface area (Å²) >= 11 is 0. The van der Waals surface area contributed by atoms with Crippen LogP contribution >= 0.6 is 0 Å². The lowest BCUT2D eigenvalue weighted by Gasteiger charge is -2.27. The van der Waals surface area contributed by atoms with Crippen molar-refractivity contribution in [2.45, 2.75) is 90.9 Å². The Bertz CT molecular complexity index is 2540. The van der Waals surface area contributed by atoms with Crippen molar-refractivity contribution < 1.29 is 0 Å². The molecule has 0 heteroatoms. The molecule has 2 aliphatic rings. The fourth-order valence-corrected chi connectivity index (χ4v) is 9.58. The van der Waals surface area contributed by atoms with E-state index in [-0.39, 0.29) is 21.7 Å². The molecule has 0 N–H and O–H groups in total. The Labute approximate surface area is 310 Å². The van der Waals surface area contributed by atoms with Crippen LogP contribution in [-0.2, 0) is 21.7 Å². The van der Waals surface area contributed by atoms with Crippen molar-refractivity contribution in [3.8, 4) is 44.5 Å². The first-order valence-electron chi connectivity index (χ1n) is 19.1. The van der Waals surface area contributed by atoms with Gasteiger partial charge in [0.15, 0.2) is 0 Å². The molecule has 0 amide bonds. The van der Waals surface area contributed by atoms with E-state index in [0.717, 1.165) is 0 Å². The molecule has 0 heterocycles. The first-order valence-corrected chi connectivity index (χ1v) is 19.1. The minimum Gasteiger partial charge on any atom is -0.0619 e. The van der Waals surface area contributed by atoms with Crippen LogP contribution in [0.25, 0.3) is 66.1 Å². The summed E-state index contributed by atoms with van der Waals surface area (Å²) in [5.74, 6) is 0. The zero-order valence-electron chi connectivity index (χ0n) is 32.5. The first kappa shape index (κ1) is 32.9. The van der Waals surface area contributed by atoms with E-state index < -0.39 is 0 Å². The lowest BCUT2D eigenvalue weighted by molar-refractivity contribution is 0.569. The van der Waals surface area contributed by atoms with Gasteiger partial charge in [0.2, 0.25) is 0 Å². The Hall–Kier alpha value is -4.94. The normalized spacial score (nSPS) is 15.4. The van der Waals surface area contributed by atoms with E-state index >= 15 is 0 Å². The summed E-state index contributed by atoms with van der Waals surface area (Å²) in [4.78, 5) is 0. The Kier molecular flexibility index (Phi) is 6.84. The Balaban J connectivity index is 1.34. The monoisotopic (exact) mass is 674 g/mol. The van der Waals surface area contributed by atoms with Crippen molar-refractivity contribution in [1.82, 2.24) is 0 Å². The van der Waals surface area contributed by atoms with Crippen LogP contribution in [0.4, 0.5) is 0 Å². The summed E-state index contributed by atoms with van der Waals surface area (Å²) in [6.07, 6.45) is 0. The number of fused-ring (bicyclic) bond motifs is 9. The Morgan fingerprint density at radius 2 is 0.750 bits per heavy atom. The van der Waals surface area contributed by atoms with Crippen LogP contribution in [0, 0.1) is 0 Å². The predicted molar refractivity (Wildman–Crippen MR) is 225 cm³/mol. The summed E-state index contributed by atoms with van der Waals surface area (Å²) in [5.41, 5.74) is 19.3.